The Kier molecular flexibility index (Phi) is 4.77. The molecule has 0 amide bonds. The molecule has 1 heterocycles. The number of carbonyl (C=O) groups is 1. The van der Waals surface area contributed by atoms with Gasteiger partial charge in [-0.05, 0) is 12.8 Å². The molecule has 0 unspecified atom stereocenters. The Balaban J connectivity index is 2.13. The lowest BCUT2D eigenvalue weighted by Gasteiger charge is -2.29. The highest BCUT2D eigenvalue weighted by Crippen LogP contribution is 2.25. The Labute approximate surface area is 127 Å². The fraction of sp³-hybridized carbons (Fsp3) is 0.462. The first-order valence-corrected chi connectivity index (χ1v) is 8.35. The van der Waals surface area contributed by atoms with Crippen LogP contribution in [0.15, 0.2) is 24.3 Å². The molecule has 1 aromatic carbocycles. The standard InChI is InChI=1S/C13H16N2O6S/c16-13(17)10-5-7-14(8-6-10)22(20,21)9-11-3-1-2-4-12(11)15(18)19/h1-4,10H,5-9H2,(H,16,17). The number of sulfonamides is 1. The maximum absolute atomic E-state index is 12.4. The normalized spacial score (nSPS) is 17.3. The van der Waals surface area contributed by atoms with Crippen molar-refractivity contribution in [2.24, 2.45) is 5.92 Å². The van der Waals surface area contributed by atoms with E-state index in [1.165, 1.54) is 22.5 Å². The number of rotatable bonds is 5. The average Bonchev–Trinajstić information content (AvgIpc) is 2.47. The number of nitrogens with zero attached hydrogens (tertiary/aromatic N) is 2. The highest BCUT2D eigenvalue weighted by molar-refractivity contribution is 7.88. The van der Waals surface area contributed by atoms with Crippen LogP contribution in [0.3, 0.4) is 0 Å². The molecule has 0 radical (unpaired) electrons. The molecule has 1 saturated heterocycles. The lowest BCUT2D eigenvalue weighted by atomic mass is 9.99. The summed E-state index contributed by atoms with van der Waals surface area (Å²) in [6.07, 6.45) is 0.511. The summed E-state index contributed by atoms with van der Waals surface area (Å²) in [5, 5.41) is 19.9. The van der Waals surface area contributed by atoms with Gasteiger partial charge in [0.05, 0.1) is 16.6 Å². The Morgan fingerprint density at radius 3 is 2.45 bits per heavy atom. The number of para-hydroxylation sites is 1. The van der Waals surface area contributed by atoms with Crippen LogP contribution in [-0.2, 0) is 20.6 Å². The maximum atomic E-state index is 12.4. The van der Waals surface area contributed by atoms with Crippen molar-refractivity contribution >= 4 is 21.7 Å². The SMILES string of the molecule is O=C(O)C1CCN(S(=O)(=O)Cc2ccccc2[N+](=O)[O-])CC1. The molecule has 0 spiro atoms. The van der Waals surface area contributed by atoms with Crippen molar-refractivity contribution in [1.82, 2.24) is 4.31 Å². The molecular weight excluding hydrogens is 312 g/mol. The van der Waals surface area contributed by atoms with Crippen molar-refractivity contribution in [2.75, 3.05) is 13.1 Å². The molecule has 22 heavy (non-hydrogen) atoms. The van der Waals surface area contributed by atoms with Gasteiger partial charge in [-0.25, -0.2) is 12.7 Å². The highest BCUT2D eigenvalue weighted by Gasteiger charge is 2.32. The zero-order valence-corrected chi connectivity index (χ0v) is 12.5. The van der Waals surface area contributed by atoms with Crippen LogP contribution in [0.1, 0.15) is 18.4 Å². The van der Waals surface area contributed by atoms with Gasteiger partial charge in [0.2, 0.25) is 10.0 Å². The summed E-state index contributed by atoms with van der Waals surface area (Å²) >= 11 is 0. The van der Waals surface area contributed by atoms with Gasteiger partial charge in [-0.1, -0.05) is 18.2 Å². The maximum Gasteiger partial charge on any atom is 0.306 e. The van der Waals surface area contributed by atoms with Crippen LogP contribution in [0, 0.1) is 16.0 Å². The van der Waals surface area contributed by atoms with Gasteiger partial charge in [0.15, 0.2) is 0 Å². The number of carboxylic acids is 1. The lowest BCUT2D eigenvalue weighted by Crippen LogP contribution is -2.40. The molecule has 2 rings (SSSR count). The topological polar surface area (TPSA) is 118 Å². The molecule has 0 aromatic heterocycles. The van der Waals surface area contributed by atoms with Crippen molar-refractivity contribution in [1.29, 1.82) is 0 Å². The lowest BCUT2D eigenvalue weighted by molar-refractivity contribution is -0.385. The first kappa shape index (κ1) is 16.4. The fourth-order valence-electron chi connectivity index (χ4n) is 2.48. The van der Waals surface area contributed by atoms with Crippen LogP contribution in [-0.4, -0.2) is 41.8 Å². The predicted molar refractivity (Wildman–Crippen MR) is 77.7 cm³/mol. The third kappa shape index (κ3) is 3.60. The highest BCUT2D eigenvalue weighted by atomic mass is 32.2. The molecular formula is C13H16N2O6S. The second kappa shape index (κ2) is 6.41. The summed E-state index contributed by atoms with van der Waals surface area (Å²) in [5.41, 5.74) is -0.0978. The number of nitro groups is 1. The molecule has 1 aliphatic rings. The van der Waals surface area contributed by atoms with Crippen LogP contribution >= 0.6 is 0 Å². The number of nitro benzene ring substituents is 1. The van der Waals surface area contributed by atoms with Crippen LogP contribution in [0.25, 0.3) is 0 Å². The minimum atomic E-state index is -3.71. The molecule has 1 N–H and O–H groups in total. The van der Waals surface area contributed by atoms with Gasteiger partial charge < -0.3 is 5.11 Å². The van der Waals surface area contributed by atoms with E-state index in [1.54, 1.807) is 6.07 Å². The molecule has 0 bridgehead atoms. The van der Waals surface area contributed by atoms with E-state index >= 15 is 0 Å². The van der Waals surface area contributed by atoms with E-state index in [9.17, 15) is 23.3 Å². The van der Waals surface area contributed by atoms with Gasteiger partial charge in [0.25, 0.3) is 5.69 Å². The fourth-order valence-corrected chi connectivity index (χ4v) is 4.07. The summed E-state index contributed by atoms with van der Waals surface area (Å²) in [4.78, 5) is 21.2. The molecule has 120 valence electrons. The van der Waals surface area contributed by atoms with Crippen molar-refractivity contribution in [3.63, 3.8) is 0 Å². The molecule has 8 nitrogen and oxygen atoms in total. The number of hydrogen-bond acceptors (Lipinski definition) is 5. The minimum absolute atomic E-state index is 0.125. The molecule has 9 heteroatoms. The number of hydrogen-bond donors (Lipinski definition) is 1. The Morgan fingerprint density at radius 2 is 1.91 bits per heavy atom. The van der Waals surface area contributed by atoms with Gasteiger partial charge in [0, 0.05) is 24.7 Å². The van der Waals surface area contributed by atoms with Gasteiger partial charge in [-0.2, -0.15) is 0 Å². The van der Waals surface area contributed by atoms with E-state index in [2.05, 4.69) is 0 Å². The van der Waals surface area contributed by atoms with Crippen molar-refractivity contribution in [3.8, 4) is 0 Å². The number of benzene rings is 1. The van der Waals surface area contributed by atoms with Gasteiger partial charge in [0.1, 0.15) is 0 Å². The quantitative estimate of drug-likeness (QED) is 0.641. The zero-order valence-electron chi connectivity index (χ0n) is 11.7. The summed E-state index contributed by atoms with van der Waals surface area (Å²) in [6.45, 7) is 0.250. The van der Waals surface area contributed by atoms with Crippen molar-refractivity contribution in [2.45, 2.75) is 18.6 Å². The largest absolute Gasteiger partial charge is 0.481 e. The average molecular weight is 328 g/mol. The predicted octanol–water partition coefficient (Wildman–Crippen LogP) is 1.22. The van der Waals surface area contributed by atoms with Crippen LogP contribution < -0.4 is 0 Å². The second-order valence-corrected chi connectivity index (χ2v) is 7.12. The Hall–Kier alpha value is -2.00. The van der Waals surface area contributed by atoms with Gasteiger partial charge in [-0.3, -0.25) is 14.9 Å². The van der Waals surface area contributed by atoms with E-state index < -0.39 is 32.6 Å². The van der Waals surface area contributed by atoms with Gasteiger partial charge >= 0.3 is 5.97 Å². The monoisotopic (exact) mass is 328 g/mol. The summed E-state index contributed by atoms with van der Waals surface area (Å²) in [5.74, 6) is -1.91. The van der Waals surface area contributed by atoms with E-state index in [1.807, 2.05) is 0 Å². The van der Waals surface area contributed by atoms with E-state index in [-0.39, 0.29) is 37.2 Å². The third-order valence-electron chi connectivity index (χ3n) is 3.72. The van der Waals surface area contributed by atoms with Crippen LogP contribution in [0.5, 0.6) is 0 Å². The number of carboxylic acid groups (broad SMARTS) is 1. The minimum Gasteiger partial charge on any atom is -0.481 e. The van der Waals surface area contributed by atoms with E-state index in [4.69, 9.17) is 5.11 Å². The van der Waals surface area contributed by atoms with Gasteiger partial charge in [-0.15, -0.1) is 0 Å². The first-order valence-electron chi connectivity index (χ1n) is 6.74. The molecule has 0 atom stereocenters. The Bertz CT molecular complexity index is 680. The molecule has 1 aromatic rings. The zero-order chi connectivity index (χ0) is 16.3. The first-order chi connectivity index (χ1) is 10.3. The van der Waals surface area contributed by atoms with Crippen LogP contribution in [0.4, 0.5) is 5.69 Å². The summed E-state index contributed by atoms with van der Waals surface area (Å²) < 4.78 is 25.9. The Morgan fingerprint density at radius 1 is 1.32 bits per heavy atom. The van der Waals surface area contributed by atoms with E-state index in [0.717, 1.165) is 0 Å². The van der Waals surface area contributed by atoms with Crippen molar-refractivity contribution in [3.05, 3.63) is 39.9 Å². The summed E-state index contributed by atoms with van der Waals surface area (Å²) in [6, 6.07) is 5.71. The molecule has 0 aliphatic carbocycles. The molecule has 1 aliphatic heterocycles. The summed E-state index contributed by atoms with van der Waals surface area (Å²) in [7, 11) is -3.71. The third-order valence-corrected chi connectivity index (χ3v) is 5.55. The second-order valence-electron chi connectivity index (χ2n) is 5.15. The van der Waals surface area contributed by atoms with Crippen LogP contribution in [0.2, 0.25) is 0 Å². The van der Waals surface area contributed by atoms with Crippen molar-refractivity contribution < 1.29 is 23.2 Å². The smallest absolute Gasteiger partial charge is 0.306 e. The van der Waals surface area contributed by atoms with E-state index in [0.29, 0.717) is 0 Å². The number of piperidine rings is 1. The molecule has 1 fully saturated rings. The number of aliphatic carboxylic acids is 1. The molecule has 0 saturated carbocycles.